The van der Waals surface area contributed by atoms with Crippen molar-refractivity contribution in [3.8, 4) is 5.75 Å². The van der Waals surface area contributed by atoms with Gasteiger partial charge in [0.1, 0.15) is 22.8 Å². The Balaban J connectivity index is 1.56. The maximum Gasteiger partial charge on any atom is 0.289 e. The van der Waals surface area contributed by atoms with Crippen molar-refractivity contribution in [3.05, 3.63) is 64.7 Å². The molecule has 5 rings (SSSR count). The number of nitrogens with zero attached hydrogens (tertiary/aromatic N) is 1. The zero-order valence-electron chi connectivity index (χ0n) is 17.7. The molecule has 0 N–H and O–H groups in total. The molecule has 0 bridgehead atoms. The molecule has 1 aromatic heterocycles. The molecule has 2 aliphatic rings. The summed E-state index contributed by atoms with van der Waals surface area (Å²) in [5.74, 6) is 0.208. The maximum atomic E-state index is 13.4. The van der Waals surface area contributed by atoms with Crippen LogP contribution in [-0.4, -0.2) is 29.7 Å². The van der Waals surface area contributed by atoms with Crippen molar-refractivity contribution in [1.82, 2.24) is 4.90 Å². The lowest BCUT2D eigenvalue weighted by atomic mass is 9.84. The highest BCUT2D eigenvalue weighted by molar-refractivity contribution is 6.13. The highest BCUT2D eigenvalue weighted by Crippen LogP contribution is 2.44. The Hall–Kier alpha value is -3.15. The molecule has 1 saturated heterocycles. The van der Waals surface area contributed by atoms with Crippen LogP contribution in [0.4, 0.5) is 4.39 Å². The van der Waals surface area contributed by atoms with Crippen LogP contribution in [0.1, 0.15) is 64.6 Å². The number of ketones is 1. The van der Waals surface area contributed by atoms with Crippen molar-refractivity contribution in [2.45, 2.75) is 45.1 Å². The second-order valence-electron chi connectivity index (χ2n) is 8.66. The number of Topliss-reactive ketones (excluding diaryl/α,β-unsaturated/α-hetero) is 1. The summed E-state index contributed by atoms with van der Waals surface area (Å²) in [6.45, 7) is 5.11. The minimum Gasteiger partial charge on any atom is -0.482 e. The molecule has 0 spiro atoms. The van der Waals surface area contributed by atoms with E-state index in [0.717, 1.165) is 37.9 Å². The number of hydrogen-bond donors (Lipinski definition) is 0. The van der Waals surface area contributed by atoms with E-state index in [0.29, 0.717) is 33.6 Å². The van der Waals surface area contributed by atoms with Crippen molar-refractivity contribution < 1.29 is 23.1 Å². The van der Waals surface area contributed by atoms with Gasteiger partial charge in [-0.3, -0.25) is 9.59 Å². The van der Waals surface area contributed by atoms with Crippen LogP contribution in [0.15, 0.2) is 40.8 Å². The fraction of sp³-hybridized carbons (Fsp3) is 0.360. The van der Waals surface area contributed by atoms with Crippen LogP contribution in [0.25, 0.3) is 11.0 Å². The van der Waals surface area contributed by atoms with E-state index in [2.05, 4.69) is 0 Å². The number of aryl methyl sites for hydroxylation is 1. The van der Waals surface area contributed by atoms with E-state index in [-0.39, 0.29) is 23.9 Å². The minimum absolute atomic E-state index is 0.0838. The van der Waals surface area contributed by atoms with Crippen molar-refractivity contribution in [2.24, 2.45) is 0 Å². The molecule has 1 fully saturated rings. The normalized spacial score (nSPS) is 21.1. The van der Waals surface area contributed by atoms with Gasteiger partial charge < -0.3 is 14.1 Å². The molecule has 160 valence electrons. The van der Waals surface area contributed by atoms with E-state index in [4.69, 9.17) is 9.15 Å². The maximum absolute atomic E-state index is 13.4. The standard InChI is InChI=1S/C25H24FNO4/c1-15-21-19(30-23(15)24(29)27-12-4-3-5-13-27)10-11-20-22(21)18(28)14-25(2,31-20)16-6-8-17(26)9-7-16/h6-11H,3-5,12-14H2,1-2H3. The number of fused-ring (bicyclic) bond motifs is 3. The molecule has 0 radical (unpaired) electrons. The molecule has 3 aromatic rings. The number of likely N-dealkylation sites (tertiary alicyclic amines) is 1. The molecule has 3 heterocycles. The van der Waals surface area contributed by atoms with E-state index in [1.165, 1.54) is 12.1 Å². The van der Waals surface area contributed by atoms with Gasteiger partial charge >= 0.3 is 0 Å². The summed E-state index contributed by atoms with van der Waals surface area (Å²) in [4.78, 5) is 28.2. The van der Waals surface area contributed by atoms with Gasteiger partial charge in [0.05, 0.1) is 12.0 Å². The van der Waals surface area contributed by atoms with E-state index >= 15 is 0 Å². The lowest BCUT2D eigenvalue weighted by molar-refractivity contribution is 0.0507. The Morgan fingerprint density at radius 3 is 2.48 bits per heavy atom. The summed E-state index contributed by atoms with van der Waals surface area (Å²) in [5.41, 5.74) is 1.48. The first-order valence-corrected chi connectivity index (χ1v) is 10.7. The first kappa shape index (κ1) is 19.8. The van der Waals surface area contributed by atoms with Crippen LogP contribution >= 0.6 is 0 Å². The molecule has 1 unspecified atom stereocenters. The van der Waals surface area contributed by atoms with Crippen molar-refractivity contribution in [2.75, 3.05) is 13.1 Å². The highest BCUT2D eigenvalue weighted by atomic mass is 19.1. The summed E-state index contributed by atoms with van der Waals surface area (Å²) in [6, 6.07) is 9.49. The number of furan rings is 1. The molecule has 6 heteroatoms. The van der Waals surface area contributed by atoms with Gasteiger partial charge in [0, 0.05) is 24.0 Å². The minimum atomic E-state index is -0.893. The molecule has 1 atom stereocenters. The smallest absolute Gasteiger partial charge is 0.289 e. The Morgan fingerprint density at radius 1 is 1.06 bits per heavy atom. The number of hydrogen-bond acceptors (Lipinski definition) is 4. The Bertz CT molecular complexity index is 1190. The lowest BCUT2D eigenvalue weighted by Crippen LogP contribution is -2.36. The number of rotatable bonds is 2. The highest BCUT2D eigenvalue weighted by Gasteiger charge is 2.40. The molecule has 0 saturated carbocycles. The fourth-order valence-electron chi connectivity index (χ4n) is 4.77. The van der Waals surface area contributed by atoms with Crippen LogP contribution in [-0.2, 0) is 5.60 Å². The number of benzene rings is 2. The molecular formula is C25H24FNO4. The van der Waals surface area contributed by atoms with Crippen LogP contribution in [0.3, 0.4) is 0 Å². The Kier molecular flexibility index (Phi) is 4.61. The van der Waals surface area contributed by atoms with E-state index in [9.17, 15) is 14.0 Å². The number of ether oxygens (including phenoxy) is 1. The van der Waals surface area contributed by atoms with Crippen LogP contribution in [0.5, 0.6) is 5.75 Å². The van der Waals surface area contributed by atoms with Gasteiger partial charge in [-0.1, -0.05) is 12.1 Å². The first-order valence-electron chi connectivity index (χ1n) is 10.7. The Morgan fingerprint density at radius 2 is 1.77 bits per heavy atom. The predicted octanol–water partition coefficient (Wildman–Crippen LogP) is 5.39. The number of carbonyl (C=O) groups excluding carboxylic acids is 2. The first-order chi connectivity index (χ1) is 14.9. The molecule has 1 amide bonds. The van der Waals surface area contributed by atoms with Gasteiger partial charge in [-0.05, 0) is 62.9 Å². The number of carbonyl (C=O) groups is 2. The molecule has 2 aliphatic heterocycles. The topological polar surface area (TPSA) is 59.8 Å². The third-order valence-electron chi connectivity index (χ3n) is 6.46. The lowest BCUT2D eigenvalue weighted by Gasteiger charge is -2.35. The second-order valence-corrected chi connectivity index (χ2v) is 8.66. The third kappa shape index (κ3) is 3.21. The van der Waals surface area contributed by atoms with Gasteiger partial charge in [0.15, 0.2) is 11.5 Å². The second kappa shape index (κ2) is 7.22. The zero-order valence-corrected chi connectivity index (χ0v) is 17.7. The molecule has 5 nitrogen and oxygen atoms in total. The summed E-state index contributed by atoms with van der Waals surface area (Å²) >= 11 is 0. The van der Waals surface area contributed by atoms with Crippen molar-refractivity contribution in [1.29, 1.82) is 0 Å². The van der Waals surface area contributed by atoms with Gasteiger partial charge in [0.25, 0.3) is 5.91 Å². The Labute approximate surface area is 179 Å². The predicted molar refractivity (Wildman–Crippen MR) is 114 cm³/mol. The summed E-state index contributed by atoms with van der Waals surface area (Å²) < 4.78 is 25.6. The molecule has 2 aromatic carbocycles. The molecular weight excluding hydrogens is 397 g/mol. The number of amides is 1. The summed E-state index contributed by atoms with van der Waals surface area (Å²) in [5, 5.41) is 0.643. The monoisotopic (exact) mass is 421 g/mol. The molecule has 0 aliphatic carbocycles. The zero-order chi connectivity index (χ0) is 21.8. The van der Waals surface area contributed by atoms with Crippen LogP contribution < -0.4 is 4.74 Å². The summed E-state index contributed by atoms with van der Waals surface area (Å²) in [6.07, 6.45) is 3.24. The average Bonchev–Trinajstić information content (AvgIpc) is 3.10. The molecule has 31 heavy (non-hydrogen) atoms. The largest absolute Gasteiger partial charge is 0.482 e. The SMILES string of the molecule is Cc1c(C(=O)N2CCCCC2)oc2ccc3c(c12)C(=O)CC(C)(c1ccc(F)cc1)O3. The fourth-order valence-corrected chi connectivity index (χ4v) is 4.77. The number of halogens is 1. The quantitative estimate of drug-likeness (QED) is 0.557. The third-order valence-corrected chi connectivity index (χ3v) is 6.46. The number of piperidine rings is 1. The van der Waals surface area contributed by atoms with E-state index in [1.54, 1.807) is 24.3 Å². The summed E-state index contributed by atoms with van der Waals surface area (Å²) in [7, 11) is 0. The van der Waals surface area contributed by atoms with Crippen LogP contribution in [0, 0.1) is 12.7 Å². The van der Waals surface area contributed by atoms with Crippen molar-refractivity contribution >= 4 is 22.7 Å². The van der Waals surface area contributed by atoms with Gasteiger partial charge in [-0.15, -0.1) is 0 Å². The van der Waals surface area contributed by atoms with E-state index < -0.39 is 5.60 Å². The van der Waals surface area contributed by atoms with Gasteiger partial charge in [-0.2, -0.15) is 0 Å². The van der Waals surface area contributed by atoms with Gasteiger partial charge in [-0.25, -0.2) is 4.39 Å². The average molecular weight is 421 g/mol. The van der Waals surface area contributed by atoms with Crippen molar-refractivity contribution in [3.63, 3.8) is 0 Å². The van der Waals surface area contributed by atoms with Crippen LogP contribution in [0.2, 0.25) is 0 Å². The van der Waals surface area contributed by atoms with Gasteiger partial charge in [0.2, 0.25) is 0 Å². The van der Waals surface area contributed by atoms with E-state index in [1.807, 2.05) is 18.7 Å².